The zero-order valence-electron chi connectivity index (χ0n) is 11.5. The fraction of sp³-hybridized carbons (Fsp3) is 0.125. The number of aliphatic imine (C=N–C) groups is 1. The number of benzene rings is 2. The van der Waals surface area contributed by atoms with Gasteiger partial charge in [-0.25, -0.2) is 9.40 Å². The molecule has 1 N–H and O–H groups in total. The van der Waals surface area contributed by atoms with Crippen molar-refractivity contribution in [2.75, 3.05) is 5.43 Å². The average Bonchev–Trinajstić information content (AvgIpc) is 2.79. The smallest absolute Gasteiger partial charge is 0.278 e. The van der Waals surface area contributed by atoms with Crippen LogP contribution >= 0.6 is 0 Å². The Bertz CT molecular complexity index is 684. The zero-order chi connectivity index (χ0) is 14.9. The molecule has 0 unspecified atom stereocenters. The van der Waals surface area contributed by atoms with E-state index in [4.69, 9.17) is 0 Å². The molecule has 1 amide bonds. The van der Waals surface area contributed by atoms with Crippen LogP contribution in [0.1, 0.15) is 12.5 Å². The lowest BCUT2D eigenvalue weighted by Gasteiger charge is -2.23. The zero-order valence-corrected chi connectivity index (χ0v) is 11.5. The lowest BCUT2D eigenvalue weighted by molar-refractivity contribution is -0.129. The molecule has 4 nitrogen and oxygen atoms in total. The van der Waals surface area contributed by atoms with Gasteiger partial charge in [-0.3, -0.25) is 15.2 Å². The number of rotatable bonds is 3. The predicted octanol–water partition coefficient (Wildman–Crippen LogP) is 2.94. The van der Waals surface area contributed by atoms with Crippen molar-refractivity contribution in [1.29, 1.82) is 0 Å². The van der Waals surface area contributed by atoms with E-state index in [1.54, 1.807) is 19.1 Å². The highest BCUT2D eigenvalue weighted by Crippen LogP contribution is 2.31. The minimum absolute atomic E-state index is 0.210. The third kappa shape index (κ3) is 2.38. The first kappa shape index (κ1) is 13.3. The highest BCUT2D eigenvalue weighted by atomic mass is 19.1. The number of hydrogen-bond acceptors (Lipinski definition) is 3. The van der Waals surface area contributed by atoms with Gasteiger partial charge >= 0.3 is 0 Å². The Morgan fingerprint density at radius 2 is 1.76 bits per heavy atom. The van der Waals surface area contributed by atoms with E-state index in [2.05, 4.69) is 10.4 Å². The first-order chi connectivity index (χ1) is 10.1. The molecule has 0 radical (unpaired) electrons. The van der Waals surface area contributed by atoms with Crippen LogP contribution in [0.4, 0.5) is 10.1 Å². The fourth-order valence-electron chi connectivity index (χ4n) is 2.22. The summed E-state index contributed by atoms with van der Waals surface area (Å²) in [4.78, 5) is 16.9. The van der Waals surface area contributed by atoms with Gasteiger partial charge in [-0.05, 0) is 36.8 Å². The van der Waals surface area contributed by atoms with E-state index < -0.39 is 5.54 Å². The van der Waals surface area contributed by atoms with E-state index in [-0.39, 0.29) is 11.7 Å². The normalized spacial score (nSPS) is 20.9. The number of carbonyl (C=O) groups excluding carboxylic acids is 1. The minimum atomic E-state index is -1.03. The minimum Gasteiger partial charge on any atom is -0.290 e. The van der Waals surface area contributed by atoms with Crippen LogP contribution in [-0.4, -0.2) is 17.3 Å². The van der Waals surface area contributed by atoms with E-state index in [0.29, 0.717) is 5.56 Å². The molecule has 106 valence electrons. The summed E-state index contributed by atoms with van der Waals surface area (Å²) >= 11 is 0. The van der Waals surface area contributed by atoms with E-state index in [1.807, 2.05) is 30.3 Å². The van der Waals surface area contributed by atoms with Gasteiger partial charge in [0.25, 0.3) is 5.91 Å². The Hall–Kier alpha value is -2.69. The summed E-state index contributed by atoms with van der Waals surface area (Å²) in [5, 5.41) is 1.35. The van der Waals surface area contributed by atoms with Crippen molar-refractivity contribution < 1.29 is 9.18 Å². The van der Waals surface area contributed by atoms with Crippen molar-refractivity contribution in [3.63, 3.8) is 0 Å². The third-order valence-electron chi connectivity index (χ3n) is 3.50. The summed E-state index contributed by atoms with van der Waals surface area (Å²) in [5.41, 5.74) is 3.40. The van der Waals surface area contributed by atoms with Gasteiger partial charge in [-0.2, -0.15) is 0 Å². The van der Waals surface area contributed by atoms with Gasteiger partial charge in [0.05, 0.1) is 5.69 Å². The summed E-state index contributed by atoms with van der Waals surface area (Å²) in [7, 11) is 0. The Morgan fingerprint density at radius 3 is 2.43 bits per heavy atom. The fourth-order valence-corrected chi connectivity index (χ4v) is 2.22. The number of nitrogens with zero attached hydrogens (tertiary/aromatic N) is 2. The maximum absolute atomic E-state index is 13.0. The van der Waals surface area contributed by atoms with E-state index in [0.717, 1.165) is 5.69 Å². The predicted molar refractivity (Wildman–Crippen MR) is 79.2 cm³/mol. The monoisotopic (exact) mass is 283 g/mol. The maximum atomic E-state index is 13.0. The van der Waals surface area contributed by atoms with Crippen molar-refractivity contribution in [2.24, 2.45) is 4.99 Å². The molecule has 5 heteroatoms. The number of halogens is 1. The van der Waals surface area contributed by atoms with Crippen molar-refractivity contribution in [3.05, 3.63) is 66.0 Å². The molecule has 1 aliphatic heterocycles. The third-order valence-corrected chi connectivity index (χ3v) is 3.50. The van der Waals surface area contributed by atoms with Gasteiger partial charge in [0.2, 0.25) is 0 Å². The van der Waals surface area contributed by atoms with Crippen molar-refractivity contribution in [1.82, 2.24) is 5.01 Å². The van der Waals surface area contributed by atoms with Gasteiger partial charge in [0.15, 0.2) is 5.54 Å². The van der Waals surface area contributed by atoms with Crippen LogP contribution in [0.3, 0.4) is 0 Å². The Labute approximate surface area is 121 Å². The SMILES string of the molecule is C[C@@]1(c2ccc(F)cc2)N=CN(Nc2ccccc2)C1=O. The lowest BCUT2D eigenvalue weighted by Crippen LogP contribution is -2.40. The average molecular weight is 283 g/mol. The van der Waals surface area contributed by atoms with Gasteiger partial charge < -0.3 is 0 Å². The largest absolute Gasteiger partial charge is 0.290 e. The van der Waals surface area contributed by atoms with Crippen LogP contribution in [0.15, 0.2) is 59.6 Å². The summed E-state index contributed by atoms with van der Waals surface area (Å²) in [6.45, 7) is 1.71. The van der Waals surface area contributed by atoms with Gasteiger partial charge in [-0.1, -0.05) is 30.3 Å². The molecule has 0 saturated heterocycles. The first-order valence-corrected chi connectivity index (χ1v) is 6.56. The molecule has 2 aromatic carbocycles. The molecule has 0 aromatic heterocycles. The molecule has 0 bridgehead atoms. The van der Waals surface area contributed by atoms with E-state index in [1.165, 1.54) is 23.5 Å². The quantitative estimate of drug-likeness (QED) is 0.941. The second-order valence-electron chi connectivity index (χ2n) is 4.98. The van der Waals surface area contributed by atoms with Crippen LogP contribution in [-0.2, 0) is 10.3 Å². The van der Waals surface area contributed by atoms with Crippen molar-refractivity contribution in [2.45, 2.75) is 12.5 Å². The van der Waals surface area contributed by atoms with Crippen molar-refractivity contribution >= 4 is 17.9 Å². The molecule has 21 heavy (non-hydrogen) atoms. The maximum Gasteiger partial charge on any atom is 0.278 e. The number of hydrogen-bond donors (Lipinski definition) is 1. The highest BCUT2D eigenvalue weighted by Gasteiger charge is 2.42. The molecule has 1 atom stereocenters. The van der Waals surface area contributed by atoms with Gasteiger partial charge in [0.1, 0.15) is 12.2 Å². The van der Waals surface area contributed by atoms with Gasteiger partial charge in [-0.15, -0.1) is 0 Å². The Kier molecular flexibility index (Phi) is 3.17. The standard InChI is InChI=1S/C16H14FN3O/c1-16(12-7-9-13(17)10-8-12)15(21)20(11-18-16)19-14-5-3-2-4-6-14/h2-11,19H,1H3/t16-/m0/s1. The van der Waals surface area contributed by atoms with E-state index in [9.17, 15) is 9.18 Å². The number of hydrazine groups is 1. The highest BCUT2D eigenvalue weighted by molar-refractivity contribution is 6.01. The van der Waals surface area contributed by atoms with E-state index >= 15 is 0 Å². The number of nitrogens with one attached hydrogen (secondary N) is 1. The van der Waals surface area contributed by atoms with Crippen LogP contribution in [0.2, 0.25) is 0 Å². The summed E-state index contributed by atoms with van der Waals surface area (Å²) in [6, 6.07) is 15.2. The van der Waals surface area contributed by atoms with Crippen LogP contribution < -0.4 is 5.43 Å². The summed E-state index contributed by atoms with van der Waals surface area (Å²) in [5.74, 6) is -0.547. The first-order valence-electron chi connectivity index (χ1n) is 6.56. The topological polar surface area (TPSA) is 44.7 Å². The Morgan fingerprint density at radius 1 is 1.10 bits per heavy atom. The van der Waals surface area contributed by atoms with Crippen LogP contribution in [0.5, 0.6) is 0 Å². The van der Waals surface area contributed by atoms with Gasteiger partial charge in [0, 0.05) is 0 Å². The molecule has 1 aliphatic rings. The molecule has 0 aliphatic carbocycles. The van der Waals surface area contributed by atoms with Crippen molar-refractivity contribution in [3.8, 4) is 0 Å². The molecule has 1 heterocycles. The summed E-state index contributed by atoms with van der Waals surface area (Å²) in [6.07, 6.45) is 1.46. The second-order valence-corrected chi connectivity index (χ2v) is 4.98. The molecule has 3 rings (SSSR count). The molecule has 0 spiro atoms. The Balaban J connectivity index is 1.83. The summed E-state index contributed by atoms with van der Waals surface area (Å²) < 4.78 is 13.0. The van der Waals surface area contributed by atoms with Crippen LogP contribution in [0, 0.1) is 5.82 Å². The molecule has 0 saturated carbocycles. The number of anilines is 1. The number of carbonyl (C=O) groups is 1. The molecular weight excluding hydrogens is 269 g/mol. The van der Waals surface area contributed by atoms with Crippen LogP contribution in [0.25, 0.3) is 0 Å². The number of amides is 1. The lowest BCUT2D eigenvalue weighted by atomic mass is 9.92. The second kappa shape index (κ2) is 5.01. The molecule has 0 fully saturated rings. The number of para-hydroxylation sites is 1. The molecule has 2 aromatic rings. The molecular formula is C16H14FN3O.